The molecule has 0 radical (unpaired) electrons. The molecule has 2 saturated heterocycles. The molecule has 0 unspecified atom stereocenters. The number of amides is 6. The first-order chi connectivity index (χ1) is 35.0. The van der Waals surface area contributed by atoms with Crippen molar-refractivity contribution >= 4 is 63.6 Å². The van der Waals surface area contributed by atoms with Crippen LogP contribution in [0.2, 0.25) is 0 Å². The van der Waals surface area contributed by atoms with Crippen molar-refractivity contribution in [1.82, 2.24) is 40.2 Å². The fourth-order valence-corrected chi connectivity index (χ4v) is 9.76. The highest BCUT2D eigenvalue weighted by atomic mass is 19.1. The number of ether oxygens (including phenoxy) is 3. The maximum Gasteiger partial charge on any atom is 0.410 e. The van der Waals surface area contributed by atoms with E-state index in [1.807, 2.05) is 0 Å². The van der Waals surface area contributed by atoms with Crippen LogP contribution in [0.3, 0.4) is 0 Å². The first kappa shape index (κ1) is 57.5. The van der Waals surface area contributed by atoms with E-state index in [4.69, 9.17) is 14.2 Å². The van der Waals surface area contributed by atoms with E-state index in [0.29, 0.717) is 44.3 Å². The zero-order valence-electron chi connectivity index (χ0n) is 45.2. The highest BCUT2D eigenvalue weighted by Gasteiger charge is 2.43. The molecule has 6 amide bonds. The first-order valence-electron chi connectivity index (χ1n) is 25.6. The molecule has 0 bridgehead atoms. The lowest BCUT2D eigenvalue weighted by Crippen LogP contribution is -2.55. The molecule has 4 N–H and O–H groups in total. The third-order valence-corrected chi connectivity index (χ3v) is 13.8. The summed E-state index contributed by atoms with van der Waals surface area (Å²) in [5.41, 5.74) is 1.20. The second-order valence-electron chi connectivity index (χ2n) is 21.8. The van der Waals surface area contributed by atoms with Crippen molar-refractivity contribution in [2.75, 3.05) is 27.2 Å². The Morgan fingerprint density at radius 2 is 1.08 bits per heavy atom. The van der Waals surface area contributed by atoms with Crippen LogP contribution in [-0.4, -0.2) is 158 Å². The van der Waals surface area contributed by atoms with Gasteiger partial charge in [-0.2, -0.15) is 0 Å². The lowest BCUT2D eigenvalue weighted by molar-refractivity contribution is -0.147. The van der Waals surface area contributed by atoms with E-state index in [-0.39, 0.29) is 51.6 Å². The molecule has 0 saturated carbocycles. The van der Waals surface area contributed by atoms with Crippen LogP contribution in [0.4, 0.5) is 22.8 Å². The maximum atomic E-state index is 15.7. The third kappa shape index (κ3) is 13.5. The number of aromatic nitrogens is 2. The van der Waals surface area contributed by atoms with Crippen LogP contribution < -0.4 is 10.6 Å². The van der Waals surface area contributed by atoms with Gasteiger partial charge in [0, 0.05) is 67.8 Å². The Hall–Kier alpha value is -6.80. The number of nitrogens with zero attached hydrogens (tertiary/aromatic N) is 4. The number of benzene rings is 2. The summed E-state index contributed by atoms with van der Waals surface area (Å²) in [6.45, 7) is 17.6. The number of esters is 1. The lowest BCUT2D eigenvalue weighted by Gasteiger charge is -2.31. The van der Waals surface area contributed by atoms with E-state index in [2.05, 4.69) is 20.6 Å². The van der Waals surface area contributed by atoms with Crippen molar-refractivity contribution in [2.24, 2.45) is 0 Å². The number of fused-ring (bicyclic) bond motifs is 2. The van der Waals surface area contributed by atoms with E-state index in [9.17, 15) is 33.6 Å². The number of carbonyl (C=O) groups excluding carboxylic acids is 7. The number of rotatable bonds is 16. The topological polar surface area (TPSA) is 216 Å². The quantitative estimate of drug-likeness (QED) is 0.0642. The van der Waals surface area contributed by atoms with E-state index >= 15 is 13.2 Å². The van der Waals surface area contributed by atoms with Gasteiger partial charge in [0.1, 0.15) is 59.3 Å². The van der Waals surface area contributed by atoms with E-state index in [1.54, 1.807) is 72.4 Å². The summed E-state index contributed by atoms with van der Waals surface area (Å²) in [5.74, 6) is -3.87. The maximum absolute atomic E-state index is 15.7. The van der Waals surface area contributed by atoms with E-state index < -0.39 is 113 Å². The molecule has 2 fully saturated rings. The monoisotopic (exact) mass is 1050 g/mol. The zero-order valence-corrected chi connectivity index (χ0v) is 45.2. The normalized spacial score (nSPS) is 19.6. The van der Waals surface area contributed by atoms with Crippen LogP contribution in [0.1, 0.15) is 113 Å². The Morgan fingerprint density at radius 3 is 1.47 bits per heavy atom. The van der Waals surface area contributed by atoms with Crippen molar-refractivity contribution in [3.8, 4) is 11.4 Å². The molecule has 0 aliphatic carbocycles. The Balaban J connectivity index is 1.35. The molecule has 2 aromatic carbocycles. The summed E-state index contributed by atoms with van der Waals surface area (Å²) in [6.07, 6.45) is -3.01. The van der Waals surface area contributed by atoms with E-state index in [0.717, 1.165) is 9.80 Å². The second-order valence-corrected chi connectivity index (χ2v) is 21.8. The number of H-pyrrole nitrogens is 2. The van der Waals surface area contributed by atoms with Crippen molar-refractivity contribution in [2.45, 2.75) is 174 Å². The second kappa shape index (κ2) is 23.0. The highest BCUT2D eigenvalue weighted by Crippen LogP contribution is 2.40. The Morgan fingerprint density at radius 1 is 0.680 bits per heavy atom. The third-order valence-electron chi connectivity index (χ3n) is 13.8. The van der Waals surface area contributed by atoms with Gasteiger partial charge in [-0.1, -0.05) is 13.8 Å². The molecule has 4 aromatic rings. The zero-order chi connectivity index (χ0) is 55.6. The van der Waals surface area contributed by atoms with Gasteiger partial charge in [0.2, 0.25) is 23.6 Å². The number of aromatic amines is 2. The predicted molar refractivity (Wildman–Crippen MR) is 275 cm³/mol. The van der Waals surface area contributed by atoms with Crippen molar-refractivity contribution < 1.29 is 60.9 Å². The molecule has 21 heteroatoms. The smallest absolute Gasteiger partial charge is 0.410 e. The summed E-state index contributed by atoms with van der Waals surface area (Å²) >= 11 is 0. The molecule has 410 valence electrons. The number of likely N-dealkylation sites (tertiary alicyclic amines) is 2. The molecule has 8 atom stereocenters. The van der Waals surface area contributed by atoms with Crippen LogP contribution in [0.25, 0.3) is 33.2 Å². The lowest BCUT2D eigenvalue weighted by atomic mass is 9.94. The number of hydrogen-bond donors (Lipinski definition) is 4. The number of carbonyl (C=O) groups is 7. The van der Waals surface area contributed by atoms with Crippen LogP contribution in [0.5, 0.6) is 0 Å². The average Bonchev–Trinajstić information content (AvgIpc) is 4.09. The fraction of sp³-hybridized carbons (Fsp3) is 0.574. The molecule has 2 aromatic heterocycles. The number of alkyl halides is 1. The Labute approximate surface area is 435 Å². The van der Waals surface area contributed by atoms with Crippen molar-refractivity contribution in [1.29, 1.82) is 0 Å². The van der Waals surface area contributed by atoms with Gasteiger partial charge in [-0.15, -0.1) is 0 Å². The highest BCUT2D eigenvalue weighted by molar-refractivity contribution is 5.97. The summed E-state index contributed by atoms with van der Waals surface area (Å²) in [7, 11) is 2.83. The van der Waals surface area contributed by atoms with Gasteiger partial charge in [0.15, 0.2) is 0 Å². The molecule has 2 aliphatic rings. The van der Waals surface area contributed by atoms with Gasteiger partial charge >= 0.3 is 18.2 Å². The standard InChI is InChI=1S/C54H73F3N8O10/c1-14-41(60-47(67)28(3)62(12)51(71)74-53(6,7)8)49(69)64-26-33(57)20-34(64)24-39-37-18-16-31(55)21-43(37)58-45(39)46-40(38-19-17-32(56)22-44(38)59-46)25-35-23-36(73-30(5)66)27-65(35)50(70)42(15-2)61-48(68)29(4)63(13)52(72)75-54(9,10)11/h16-19,21-22,28-29,33-36,41-42,58-59H,14-15,20,23-27H2,1-13H3,(H,60,67)(H,61,68)/t28-,29-,33-,34-,35-,36-,41-,42-/m0/s1. The van der Waals surface area contributed by atoms with Gasteiger partial charge in [0.05, 0.1) is 24.5 Å². The van der Waals surface area contributed by atoms with Crippen LogP contribution in [-0.2, 0) is 51.0 Å². The number of likely N-dealkylation sites (N-methyl/N-ethyl adjacent to an activating group) is 2. The van der Waals surface area contributed by atoms with Gasteiger partial charge in [0.25, 0.3) is 0 Å². The Bertz CT molecular complexity index is 2800. The fourth-order valence-electron chi connectivity index (χ4n) is 9.76. The van der Waals surface area contributed by atoms with Gasteiger partial charge in [-0.05, 0) is 129 Å². The Kier molecular flexibility index (Phi) is 17.6. The average molecular weight is 1050 g/mol. The summed E-state index contributed by atoms with van der Waals surface area (Å²) in [4.78, 5) is 106. The van der Waals surface area contributed by atoms with Crippen molar-refractivity contribution in [3.63, 3.8) is 0 Å². The molecular formula is C54H73F3N8O10. The molecular weight excluding hydrogens is 978 g/mol. The molecule has 75 heavy (non-hydrogen) atoms. The predicted octanol–water partition coefficient (Wildman–Crippen LogP) is 7.45. The minimum Gasteiger partial charge on any atom is -0.461 e. The SMILES string of the molecule is CC[C@H](NC(=O)[C@H](C)N(C)C(=O)OC(C)(C)C)C(=O)N1C[C@@H](F)C[C@H]1Cc1c(-c2[nH]c3cc(F)ccc3c2C[C@@H]2C[C@H](OC(C)=O)CN2C(=O)[C@H](CC)NC(=O)[C@H](C)N(C)C(=O)OC(C)(C)C)[nH]c2cc(F)ccc12. The molecule has 4 heterocycles. The number of halogens is 3. The largest absolute Gasteiger partial charge is 0.461 e. The summed E-state index contributed by atoms with van der Waals surface area (Å²) in [6, 6.07) is 2.79. The first-order valence-corrected chi connectivity index (χ1v) is 25.6. The summed E-state index contributed by atoms with van der Waals surface area (Å²) in [5, 5.41) is 6.70. The minimum absolute atomic E-state index is 0.0133. The molecule has 2 aliphatic heterocycles. The number of hydrogen-bond acceptors (Lipinski definition) is 10. The van der Waals surface area contributed by atoms with Crippen LogP contribution >= 0.6 is 0 Å². The number of nitrogens with one attached hydrogen (secondary N) is 4. The van der Waals surface area contributed by atoms with Gasteiger partial charge in [-0.3, -0.25) is 33.8 Å². The van der Waals surface area contributed by atoms with Gasteiger partial charge in [-0.25, -0.2) is 22.8 Å². The molecule has 6 rings (SSSR count). The van der Waals surface area contributed by atoms with Gasteiger partial charge < -0.3 is 44.6 Å². The van der Waals surface area contributed by atoms with E-state index in [1.165, 1.54) is 64.0 Å². The van der Waals surface area contributed by atoms with Crippen LogP contribution in [0.15, 0.2) is 36.4 Å². The van der Waals surface area contributed by atoms with Crippen LogP contribution in [0, 0.1) is 11.6 Å². The van der Waals surface area contributed by atoms with Crippen molar-refractivity contribution in [3.05, 3.63) is 59.2 Å². The summed E-state index contributed by atoms with van der Waals surface area (Å²) < 4.78 is 62.4. The molecule has 18 nitrogen and oxygen atoms in total. The minimum atomic E-state index is -1.43. The molecule has 0 spiro atoms.